The molecule has 0 aliphatic rings. The molecule has 0 atom stereocenters. The standard InChI is InChI=1S/C26H25BrF3NO2/c1-17-19(9-6-10-21(17)18-7-4-3-5-8-18)14-24(27)22-15-25(33-2)20(16-31-11-12-32)13-23(22)26(28,29)30/h3-10,13-15,31-32H,11-12,16H2,1-2H3. The summed E-state index contributed by atoms with van der Waals surface area (Å²) < 4.78 is 47.6. The molecule has 0 unspecified atom stereocenters. The number of aliphatic hydroxyl groups is 1. The maximum absolute atomic E-state index is 14.0. The van der Waals surface area contributed by atoms with Crippen molar-refractivity contribution in [2.75, 3.05) is 20.3 Å². The first kappa shape index (κ1) is 25.0. The highest BCUT2D eigenvalue weighted by molar-refractivity contribution is 9.15. The monoisotopic (exact) mass is 519 g/mol. The Morgan fingerprint density at radius 1 is 1.09 bits per heavy atom. The van der Waals surface area contributed by atoms with Crippen molar-refractivity contribution in [2.24, 2.45) is 0 Å². The van der Waals surface area contributed by atoms with E-state index in [9.17, 15) is 13.2 Å². The van der Waals surface area contributed by atoms with E-state index >= 15 is 0 Å². The molecule has 33 heavy (non-hydrogen) atoms. The lowest BCUT2D eigenvalue weighted by Crippen LogP contribution is -2.19. The molecule has 0 radical (unpaired) electrons. The first-order valence-electron chi connectivity index (χ1n) is 10.4. The molecule has 3 aromatic rings. The number of hydrogen-bond donors (Lipinski definition) is 2. The van der Waals surface area contributed by atoms with E-state index in [1.54, 1.807) is 6.08 Å². The van der Waals surface area contributed by atoms with Crippen LogP contribution in [-0.4, -0.2) is 25.4 Å². The van der Waals surface area contributed by atoms with Gasteiger partial charge < -0.3 is 15.2 Å². The number of methoxy groups -OCH3 is 1. The minimum atomic E-state index is -4.55. The van der Waals surface area contributed by atoms with E-state index in [2.05, 4.69) is 21.2 Å². The molecule has 0 amide bonds. The molecule has 3 nitrogen and oxygen atoms in total. The van der Waals surface area contributed by atoms with Crippen LogP contribution in [0.1, 0.15) is 27.8 Å². The number of rotatable bonds is 8. The van der Waals surface area contributed by atoms with Gasteiger partial charge in [0.05, 0.1) is 19.3 Å². The molecule has 0 fully saturated rings. The molecule has 3 aromatic carbocycles. The summed E-state index contributed by atoms with van der Waals surface area (Å²) >= 11 is 3.39. The molecule has 2 N–H and O–H groups in total. The van der Waals surface area contributed by atoms with E-state index in [4.69, 9.17) is 9.84 Å². The number of benzene rings is 3. The van der Waals surface area contributed by atoms with Crippen molar-refractivity contribution in [3.63, 3.8) is 0 Å². The molecule has 7 heteroatoms. The molecule has 0 saturated heterocycles. The Balaban J connectivity index is 2.08. The molecule has 0 saturated carbocycles. The number of aliphatic hydroxyl groups excluding tert-OH is 1. The average Bonchev–Trinajstić information content (AvgIpc) is 2.80. The number of halogens is 4. The third-order valence-electron chi connectivity index (χ3n) is 5.33. The van der Waals surface area contributed by atoms with Crippen LogP contribution in [0.2, 0.25) is 0 Å². The van der Waals surface area contributed by atoms with Crippen LogP contribution in [0.3, 0.4) is 0 Å². The first-order chi connectivity index (χ1) is 15.8. The van der Waals surface area contributed by atoms with Gasteiger partial charge in [-0.1, -0.05) is 64.5 Å². The topological polar surface area (TPSA) is 41.5 Å². The van der Waals surface area contributed by atoms with E-state index in [1.807, 2.05) is 55.5 Å². The lowest BCUT2D eigenvalue weighted by atomic mass is 9.95. The van der Waals surface area contributed by atoms with Gasteiger partial charge in [-0.25, -0.2) is 0 Å². The van der Waals surface area contributed by atoms with Crippen LogP contribution in [0.15, 0.2) is 60.7 Å². The van der Waals surface area contributed by atoms with E-state index in [1.165, 1.54) is 13.2 Å². The van der Waals surface area contributed by atoms with Crippen molar-refractivity contribution in [1.29, 1.82) is 0 Å². The molecule has 0 bridgehead atoms. The summed E-state index contributed by atoms with van der Waals surface area (Å²) in [6.07, 6.45) is -2.85. The van der Waals surface area contributed by atoms with Gasteiger partial charge in [-0.2, -0.15) is 13.2 Å². The largest absolute Gasteiger partial charge is 0.496 e. The Kier molecular flexibility index (Phi) is 8.35. The van der Waals surface area contributed by atoms with Gasteiger partial charge in [0.2, 0.25) is 0 Å². The van der Waals surface area contributed by atoms with Crippen LogP contribution >= 0.6 is 15.9 Å². The summed E-state index contributed by atoms with van der Waals surface area (Å²) in [5.41, 5.74) is 3.43. The van der Waals surface area contributed by atoms with Gasteiger partial charge >= 0.3 is 6.18 Å². The Hall–Kier alpha value is -2.61. The second-order valence-electron chi connectivity index (χ2n) is 7.49. The van der Waals surface area contributed by atoms with Crippen LogP contribution in [0.25, 0.3) is 21.7 Å². The lowest BCUT2D eigenvalue weighted by Gasteiger charge is -2.18. The zero-order chi connectivity index (χ0) is 24.0. The number of hydrogen-bond acceptors (Lipinski definition) is 3. The zero-order valence-corrected chi connectivity index (χ0v) is 19.9. The van der Waals surface area contributed by atoms with Crippen molar-refractivity contribution >= 4 is 26.5 Å². The molecule has 0 aromatic heterocycles. The van der Waals surface area contributed by atoms with Gasteiger partial charge in [0.25, 0.3) is 0 Å². The van der Waals surface area contributed by atoms with E-state index < -0.39 is 11.7 Å². The number of alkyl halides is 3. The van der Waals surface area contributed by atoms with Crippen LogP contribution in [0, 0.1) is 6.92 Å². The Bertz CT molecular complexity index is 1130. The van der Waals surface area contributed by atoms with Gasteiger partial charge in [-0.15, -0.1) is 0 Å². The van der Waals surface area contributed by atoms with Crippen molar-refractivity contribution in [2.45, 2.75) is 19.6 Å². The highest BCUT2D eigenvalue weighted by Gasteiger charge is 2.35. The predicted molar refractivity (Wildman–Crippen MR) is 130 cm³/mol. The maximum Gasteiger partial charge on any atom is 0.417 e. The molecule has 174 valence electrons. The summed E-state index contributed by atoms with van der Waals surface area (Å²) in [6.45, 7) is 2.26. The fraction of sp³-hybridized carbons (Fsp3) is 0.231. The second kappa shape index (κ2) is 11.0. The van der Waals surface area contributed by atoms with Crippen LogP contribution in [-0.2, 0) is 12.7 Å². The van der Waals surface area contributed by atoms with Crippen molar-refractivity contribution in [3.05, 3.63) is 88.5 Å². The summed E-state index contributed by atoms with van der Waals surface area (Å²) in [7, 11) is 1.42. The predicted octanol–water partition coefficient (Wildman–Crippen LogP) is 6.66. The number of nitrogens with one attached hydrogen (secondary N) is 1. The molecule has 0 heterocycles. The zero-order valence-electron chi connectivity index (χ0n) is 18.3. The molecule has 0 aliphatic heterocycles. The second-order valence-corrected chi connectivity index (χ2v) is 8.34. The van der Waals surface area contributed by atoms with Crippen molar-refractivity contribution in [3.8, 4) is 16.9 Å². The van der Waals surface area contributed by atoms with Crippen molar-refractivity contribution < 1.29 is 23.0 Å². The Morgan fingerprint density at radius 3 is 2.45 bits per heavy atom. The van der Waals surface area contributed by atoms with Gasteiger partial charge in [0, 0.05) is 28.7 Å². The van der Waals surface area contributed by atoms with Crippen LogP contribution < -0.4 is 10.1 Å². The van der Waals surface area contributed by atoms with Crippen molar-refractivity contribution in [1.82, 2.24) is 5.32 Å². The lowest BCUT2D eigenvalue weighted by molar-refractivity contribution is -0.137. The molecule has 0 aliphatic carbocycles. The maximum atomic E-state index is 14.0. The third kappa shape index (κ3) is 6.05. The normalized spacial score (nSPS) is 12.2. The van der Waals surface area contributed by atoms with Gasteiger partial charge in [0.1, 0.15) is 5.75 Å². The van der Waals surface area contributed by atoms with Crippen LogP contribution in [0.4, 0.5) is 13.2 Å². The van der Waals surface area contributed by atoms with E-state index in [0.717, 1.165) is 28.3 Å². The summed E-state index contributed by atoms with van der Waals surface area (Å²) in [5, 5.41) is 11.8. The van der Waals surface area contributed by atoms with E-state index in [0.29, 0.717) is 15.8 Å². The van der Waals surface area contributed by atoms with Gasteiger partial charge in [-0.05, 0) is 47.4 Å². The highest BCUT2D eigenvalue weighted by atomic mass is 79.9. The molecular formula is C26H25BrF3NO2. The average molecular weight is 520 g/mol. The summed E-state index contributed by atoms with van der Waals surface area (Å²) in [4.78, 5) is 0. The minimum Gasteiger partial charge on any atom is -0.496 e. The highest BCUT2D eigenvalue weighted by Crippen LogP contribution is 2.41. The molecular weight excluding hydrogens is 495 g/mol. The first-order valence-corrected chi connectivity index (χ1v) is 11.2. The summed E-state index contributed by atoms with van der Waals surface area (Å²) in [5.74, 6) is 0.337. The van der Waals surface area contributed by atoms with Gasteiger partial charge in [0.15, 0.2) is 0 Å². The smallest absolute Gasteiger partial charge is 0.417 e. The fourth-order valence-electron chi connectivity index (χ4n) is 3.64. The van der Waals surface area contributed by atoms with E-state index in [-0.39, 0.29) is 25.3 Å². The minimum absolute atomic E-state index is 0.00484. The Labute approximate surface area is 200 Å². The SMILES string of the molecule is COc1cc(C(Br)=Cc2cccc(-c3ccccc3)c2C)c(C(F)(F)F)cc1CNCCO. The quantitative estimate of drug-likeness (QED) is 0.258. The third-order valence-corrected chi connectivity index (χ3v) is 5.99. The summed E-state index contributed by atoms with van der Waals surface area (Å²) in [6, 6.07) is 18.1. The molecule has 0 spiro atoms. The number of ether oxygens (including phenoxy) is 1. The van der Waals surface area contributed by atoms with Crippen LogP contribution in [0.5, 0.6) is 5.75 Å². The van der Waals surface area contributed by atoms with Gasteiger partial charge in [-0.3, -0.25) is 0 Å². The Morgan fingerprint density at radius 2 is 1.82 bits per heavy atom. The fourth-order valence-corrected chi connectivity index (χ4v) is 4.22. The molecule has 3 rings (SSSR count).